The maximum absolute atomic E-state index is 5.84. The Hall–Kier alpha value is -2.51. The van der Waals surface area contributed by atoms with Crippen LogP contribution in [-0.2, 0) is 0 Å². The van der Waals surface area contributed by atoms with E-state index in [0.717, 1.165) is 11.1 Å². The van der Waals surface area contributed by atoms with Crippen LogP contribution >= 0.6 is 11.6 Å². The van der Waals surface area contributed by atoms with Gasteiger partial charge in [0, 0.05) is 17.4 Å². The van der Waals surface area contributed by atoms with Gasteiger partial charge in [-0.05, 0) is 35.9 Å². The Morgan fingerprint density at radius 3 is 2.63 bits per heavy atom. The summed E-state index contributed by atoms with van der Waals surface area (Å²) in [5.41, 5.74) is 8.67. The maximum atomic E-state index is 5.84. The summed E-state index contributed by atoms with van der Waals surface area (Å²) >= 11 is 5.79. The van der Waals surface area contributed by atoms with Crippen LogP contribution < -0.4 is 5.73 Å². The van der Waals surface area contributed by atoms with E-state index in [1.165, 1.54) is 0 Å². The predicted octanol–water partition coefficient (Wildman–Crippen LogP) is 2.36. The van der Waals surface area contributed by atoms with Crippen molar-refractivity contribution in [3.05, 3.63) is 59.0 Å². The lowest BCUT2D eigenvalue weighted by Crippen LogP contribution is -1.90. The van der Waals surface area contributed by atoms with Crippen LogP contribution in [0.3, 0.4) is 0 Å². The van der Waals surface area contributed by atoms with E-state index >= 15 is 0 Å². The van der Waals surface area contributed by atoms with Crippen LogP contribution in [0.2, 0.25) is 5.28 Å². The molecular formula is C14H9ClN4. The molecule has 0 atom stereocenters. The van der Waals surface area contributed by atoms with E-state index in [1.807, 2.05) is 36.4 Å². The molecule has 19 heavy (non-hydrogen) atoms. The Morgan fingerprint density at radius 1 is 1.05 bits per heavy atom. The molecule has 0 aliphatic rings. The van der Waals surface area contributed by atoms with Crippen LogP contribution in [0.25, 0.3) is 5.65 Å². The number of para-hydroxylation sites is 1. The van der Waals surface area contributed by atoms with Crippen molar-refractivity contribution in [2.45, 2.75) is 0 Å². The topological polar surface area (TPSA) is 56.2 Å². The molecular weight excluding hydrogens is 260 g/mol. The number of hydrogen-bond acceptors (Lipinski definition) is 3. The molecule has 1 aromatic carbocycles. The van der Waals surface area contributed by atoms with Gasteiger partial charge >= 0.3 is 0 Å². The predicted molar refractivity (Wildman–Crippen MR) is 74.8 cm³/mol. The number of nitrogen functional groups attached to an aromatic ring is 1. The van der Waals surface area contributed by atoms with Gasteiger partial charge in [-0.2, -0.15) is 4.98 Å². The minimum Gasteiger partial charge on any atom is -0.398 e. The molecule has 5 heteroatoms. The molecule has 0 bridgehead atoms. The summed E-state index contributed by atoms with van der Waals surface area (Å²) < 4.78 is 1.60. The van der Waals surface area contributed by atoms with Crippen molar-refractivity contribution in [2.24, 2.45) is 0 Å². The molecule has 3 aromatic rings. The standard InChI is InChI=1S/C14H9ClN4/c15-14-17-13-11(5-3-9-19(13)18-14)8-7-10-4-1-2-6-12(10)16/h1-6,9H,16H2. The van der Waals surface area contributed by atoms with Gasteiger partial charge < -0.3 is 5.73 Å². The second-order valence-electron chi connectivity index (χ2n) is 3.91. The van der Waals surface area contributed by atoms with Crippen LogP contribution in [-0.4, -0.2) is 14.6 Å². The van der Waals surface area contributed by atoms with Crippen molar-refractivity contribution >= 4 is 22.9 Å². The zero-order valence-corrected chi connectivity index (χ0v) is 10.6. The largest absolute Gasteiger partial charge is 0.398 e. The first kappa shape index (κ1) is 11.6. The Labute approximate surface area is 114 Å². The Kier molecular flexibility index (Phi) is 2.82. The summed E-state index contributed by atoms with van der Waals surface area (Å²) in [5.74, 6) is 6.08. The van der Waals surface area contributed by atoms with Crippen molar-refractivity contribution in [1.29, 1.82) is 0 Å². The number of nitrogens with zero attached hydrogens (tertiary/aromatic N) is 3. The first-order chi connectivity index (χ1) is 9.24. The van der Waals surface area contributed by atoms with Crippen LogP contribution in [0.5, 0.6) is 0 Å². The van der Waals surface area contributed by atoms with Gasteiger partial charge in [-0.1, -0.05) is 24.0 Å². The molecule has 0 unspecified atom stereocenters. The number of aromatic nitrogens is 3. The quantitative estimate of drug-likeness (QED) is 0.503. The number of benzene rings is 1. The third-order valence-electron chi connectivity index (χ3n) is 2.63. The molecule has 2 heterocycles. The average molecular weight is 269 g/mol. The van der Waals surface area contributed by atoms with E-state index in [2.05, 4.69) is 21.9 Å². The molecule has 0 aliphatic heterocycles. The summed E-state index contributed by atoms with van der Waals surface area (Å²) in [6.07, 6.45) is 1.77. The minimum atomic E-state index is 0.202. The summed E-state index contributed by atoms with van der Waals surface area (Å²) in [7, 11) is 0. The second kappa shape index (κ2) is 4.63. The Balaban J connectivity index is 2.10. The van der Waals surface area contributed by atoms with Crippen molar-refractivity contribution in [3.63, 3.8) is 0 Å². The number of fused-ring (bicyclic) bond motifs is 1. The van der Waals surface area contributed by atoms with Gasteiger partial charge in [-0.25, -0.2) is 4.52 Å². The smallest absolute Gasteiger partial charge is 0.243 e. The molecule has 0 saturated heterocycles. The van der Waals surface area contributed by atoms with E-state index in [4.69, 9.17) is 17.3 Å². The first-order valence-electron chi connectivity index (χ1n) is 5.61. The Bertz CT molecular complexity index is 811. The van der Waals surface area contributed by atoms with Gasteiger partial charge in [-0.15, -0.1) is 5.10 Å². The second-order valence-corrected chi connectivity index (χ2v) is 4.25. The lowest BCUT2D eigenvalue weighted by atomic mass is 10.1. The lowest BCUT2D eigenvalue weighted by Gasteiger charge is -1.96. The molecule has 4 nitrogen and oxygen atoms in total. The maximum Gasteiger partial charge on any atom is 0.243 e. The molecule has 3 rings (SSSR count). The summed E-state index contributed by atoms with van der Waals surface area (Å²) in [6, 6.07) is 11.2. The van der Waals surface area contributed by atoms with Crippen LogP contribution in [0.1, 0.15) is 11.1 Å². The molecule has 0 spiro atoms. The average Bonchev–Trinajstić information content (AvgIpc) is 2.78. The van der Waals surface area contributed by atoms with Gasteiger partial charge in [-0.3, -0.25) is 0 Å². The van der Waals surface area contributed by atoms with E-state index in [-0.39, 0.29) is 5.28 Å². The van der Waals surface area contributed by atoms with Crippen LogP contribution in [0.4, 0.5) is 5.69 Å². The molecule has 0 aliphatic carbocycles. The highest BCUT2D eigenvalue weighted by atomic mass is 35.5. The highest BCUT2D eigenvalue weighted by Crippen LogP contribution is 2.12. The number of anilines is 1. The minimum absolute atomic E-state index is 0.202. The summed E-state index contributed by atoms with van der Waals surface area (Å²) in [6.45, 7) is 0. The number of pyridine rings is 1. The Morgan fingerprint density at radius 2 is 1.79 bits per heavy atom. The molecule has 0 fully saturated rings. The molecule has 0 saturated carbocycles. The first-order valence-corrected chi connectivity index (χ1v) is 5.99. The number of halogens is 1. The SMILES string of the molecule is Nc1ccccc1C#Cc1cccn2nc(Cl)nc12. The zero-order valence-electron chi connectivity index (χ0n) is 9.84. The zero-order chi connectivity index (χ0) is 13.2. The van der Waals surface area contributed by atoms with Crippen molar-refractivity contribution in [3.8, 4) is 11.8 Å². The van der Waals surface area contributed by atoms with Crippen LogP contribution in [0.15, 0.2) is 42.6 Å². The fraction of sp³-hybridized carbons (Fsp3) is 0. The molecule has 92 valence electrons. The van der Waals surface area contributed by atoms with Crippen molar-refractivity contribution in [2.75, 3.05) is 5.73 Å². The van der Waals surface area contributed by atoms with Gasteiger partial charge in [0.05, 0.1) is 5.56 Å². The molecule has 2 aromatic heterocycles. The fourth-order valence-electron chi connectivity index (χ4n) is 1.72. The summed E-state index contributed by atoms with van der Waals surface area (Å²) in [5, 5.41) is 4.23. The number of rotatable bonds is 0. The number of nitrogens with two attached hydrogens (primary N) is 1. The summed E-state index contributed by atoms with van der Waals surface area (Å²) in [4.78, 5) is 4.13. The van der Waals surface area contributed by atoms with Crippen LogP contribution in [0, 0.1) is 11.8 Å². The van der Waals surface area contributed by atoms with Gasteiger partial charge in [0.25, 0.3) is 0 Å². The van der Waals surface area contributed by atoms with Crippen molar-refractivity contribution < 1.29 is 0 Å². The third-order valence-corrected chi connectivity index (χ3v) is 2.79. The molecule has 2 N–H and O–H groups in total. The number of hydrogen-bond donors (Lipinski definition) is 1. The van der Waals surface area contributed by atoms with Gasteiger partial charge in [0.1, 0.15) is 0 Å². The van der Waals surface area contributed by atoms with E-state index in [1.54, 1.807) is 10.7 Å². The van der Waals surface area contributed by atoms with E-state index in [9.17, 15) is 0 Å². The van der Waals surface area contributed by atoms with E-state index < -0.39 is 0 Å². The lowest BCUT2D eigenvalue weighted by molar-refractivity contribution is 0.960. The van der Waals surface area contributed by atoms with Gasteiger partial charge in [0.2, 0.25) is 5.28 Å². The highest BCUT2D eigenvalue weighted by Gasteiger charge is 2.03. The normalized spacial score (nSPS) is 10.2. The molecule has 0 amide bonds. The monoisotopic (exact) mass is 268 g/mol. The van der Waals surface area contributed by atoms with Crippen molar-refractivity contribution in [1.82, 2.24) is 14.6 Å². The fourth-order valence-corrected chi connectivity index (χ4v) is 1.88. The van der Waals surface area contributed by atoms with Gasteiger partial charge in [0.15, 0.2) is 5.65 Å². The van der Waals surface area contributed by atoms with E-state index in [0.29, 0.717) is 11.3 Å². The molecule has 0 radical (unpaired) electrons. The third kappa shape index (κ3) is 2.24. The highest BCUT2D eigenvalue weighted by molar-refractivity contribution is 6.28.